The maximum absolute atomic E-state index is 13.5. The molecule has 3 aromatic rings. The molecule has 1 aromatic carbocycles. The fourth-order valence-electron chi connectivity index (χ4n) is 2.62. The van der Waals surface area contributed by atoms with E-state index in [4.69, 9.17) is 4.42 Å². The van der Waals surface area contributed by atoms with E-state index in [0.29, 0.717) is 36.7 Å². The predicted molar refractivity (Wildman–Crippen MR) is 92.7 cm³/mol. The first-order valence-corrected chi connectivity index (χ1v) is 8.36. The highest BCUT2D eigenvalue weighted by molar-refractivity contribution is 5.76. The van der Waals surface area contributed by atoms with Crippen LogP contribution in [0.4, 0.5) is 4.39 Å². The summed E-state index contributed by atoms with van der Waals surface area (Å²) < 4.78 is 20.8. The van der Waals surface area contributed by atoms with E-state index in [2.05, 4.69) is 20.6 Å². The Morgan fingerprint density at radius 1 is 1.27 bits per heavy atom. The molecule has 2 aromatic heterocycles. The van der Waals surface area contributed by atoms with Gasteiger partial charge in [0.05, 0.1) is 5.69 Å². The topological polar surface area (TPSA) is 85.8 Å². The Bertz CT molecular complexity index is 903. The van der Waals surface area contributed by atoms with Gasteiger partial charge in [0.15, 0.2) is 0 Å². The molecule has 0 atom stereocenters. The van der Waals surface area contributed by atoms with Gasteiger partial charge >= 0.3 is 0 Å². The molecule has 1 amide bonds. The molecule has 0 aliphatic rings. The van der Waals surface area contributed by atoms with Gasteiger partial charge in [0, 0.05) is 26.4 Å². The number of amides is 1. The summed E-state index contributed by atoms with van der Waals surface area (Å²) in [6.07, 6.45) is 1.02. The number of aromatic nitrogens is 4. The van der Waals surface area contributed by atoms with E-state index < -0.39 is 0 Å². The van der Waals surface area contributed by atoms with Gasteiger partial charge in [-0.3, -0.25) is 9.48 Å². The lowest BCUT2D eigenvalue weighted by atomic mass is 10.1. The Morgan fingerprint density at radius 3 is 2.81 bits per heavy atom. The summed E-state index contributed by atoms with van der Waals surface area (Å²) in [6, 6.07) is 8.39. The zero-order valence-corrected chi connectivity index (χ0v) is 14.7. The van der Waals surface area contributed by atoms with Gasteiger partial charge in [0.25, 0.3) is 5.89 Å². The Balaban J connectivity index is 1.46. The lowest BCUT2D eigenvalue weighted by Crippen LogP contribution is -2.26. The number of aryl methyl sites for hydroxylation is 3. The molecule has 136 valence electrons. The first-order chi connectivity index (χ1) is 12.5. The molecule has 0 aliphatic carbocycles. The quantitative estimate of drug-likeness (QED) is 0.701. The number of carbonyl (C=O) groups is 1. The summed E-state index contributed by atoms with van der Waals surface area (Å²) in [4.78, 5) is 11.9. The van der Waals surface area contributed by atoms with E-state index in [0.717, 1.165) is 11.4 Å². The van der Waals surface area contributed by atoms with E-state index in [9.17, 15) is 9.18 Å². The molecular formula is C18H20FN5O2. The van der Waals surface area contributed by atoms with Crippen molar-refractivity contribution in [1.82, 2.24) is 25.3 Å². The highest BCUT2D eigenvalue weighted by Crippen LogP contribution is 2.18. The van der Waals surface area contributed by atoms with Crippen LogP contribution >= 0.6 is 0 Å². The highest BCUT2D eigenvalue weighted by atomic mass is 19.1. The van der Waals surface area contributed by atoms with Crippen molar-refractivity contribution in [3.05, 3.63) is 53.3 Å². The molecule has 1 N–H and O–H groups in total. The van der Waals surface area contributed by atoms with Gasteiger partial charge in [-0.1, -0.05) is 18.2 Å². The van der Waals surface area contributed by atoms with Gasteiger partial charge in [0.2, 0.25) is 11.8 Å². The fourth-order valence-corrected chi connectivity index (χ4v) is 2.62. The van der Waals surface area contributed by atoms with Crippen molar-refractivity contribution >= 4 is 5.91 Å². The SMILES string of the molecule is Cc1cc(-c2nnc(CCC(=O)NCCc3ccccc3F)o2)n(C)n1. The van der Waals surface area contributed by atoms with Crippen LogP contribution in [0.5, 0.6) is 0 Å². The molecular weight excluding hydrogens is 337 g/mol. The number of hydrogen-bond acceptors (Lipinski definition) is 5. The minimum atomic E-state index is -0.259. The zero-order valence-electron chi connectivity index (χ0n) is 14.7. The van der Waals surface area contributed by atoms with Crippen LogP contribution in [0, 0.1) is 12.7 Å². The molecule has 0 fully saturated rings. The molecule has 3 rings (SSSR count). The second kappa shape index (κ2) is 7.90. The molecule has 0 saturated carbocycles. The van der Waals surface area contributed by atoms with E-state index in [1.54, 1.807) is 29.9 Å². The Labute approximate surface area is 150 Å². The number of halogens is 1. The molecule has 0 spiro atoms. The van der Waals surface area contributed by atoms with Crippen molar-refractivity contribution in [1.29, 1.82) is 0 Å². The molecule has 0 radical (unpaired) electrons. The van der Waals surface area contributed by atoms with Gasteiger partial charge in [-0.25, -0.2) is 4.39 Å². The third-order valence-corrected chi connectivity index (χ3v) is 3.93. The van der Waals surface area contributed by atoms with Crippen LogP contribution in [0.1, 0.15) is 23.6 Å². The third-order valence-electron chi connectivity index (χ3n) is 3.93. The van der Waals surface area contributed by atoms with Crippen molar-refractivity contribution in [2.45, 2.75) is 26.2 Å². The first-order valence-electron chi connectivity index (χ1n) is 8.36. The summed E-state index contributed by atoms with van der Waals surface area (Å²) >= 11 is 0. The molecule has 8 heteroatoms. The van der Waals surface area contributed by atoms with E-state index in [1.807, 2.05) is 13.0 Å². The largest absolute Gasteiger partial charge is 0.419 e. The van der Waals surface area contributed by atoms with Gasteiger partial charge < -0.3 is 9.73 Å². The van der Waals surface area contributed by atoms with Crippen molar-refractivity contribution < 1.29 is 13.6 Å². The van der Waals surface area contributed by atoms with Crippen LogP contribution in [0.25, 0.3) is 11.6 Å². The minimum absolute atomic E-state index is 0.141. The zero-order chi connectivity index (χ0) is 18.5. The van der Waals surface area contributed by atoms with Crippen LogP contribution < -0.4 is 5.32 Å². The van der Waals surface area contributed by atoms with E-state index >= 15 is 0 Å². The van der Waals surface area contributed by atoms with Crippen LogP contribution in [-0.2, 0) is 24.7 Å². The molecule has 0 unspecified atom stereocenters. The summed E-state index contributed by atoms with van der Waals surface area (Å²) in [7, 11) is 1.80. The lowest BCUT2D eigenvalue weighted by Gasteiger charge is -2.05. The summed E-state index contributed by atoms with van der Waals surface area (Å²) in [5.74, 6) is 0.370. The number of carbonyl (C=O) groups excluding carboxylic acids is 1. The third kappa shape index (κ3) is 4.33. The Morgan fingerprint density at radius 2 is 2.08 bits per heavy atom. The lowest BCUT2D eigenvalue weighted by molar-refractivity contribution is -0.121. The highest BCUT2D eigenvalue weighted by Gasteiger charge is 2.14. The van der Waals surface area contributed by atoms with Crippen molar-refractivity contribution in [3.63, 3.8) is 0 Å². The standard InChI is InChI=1S/C18H20FN5O2/c1-12-11-15(24(2)23-12)18-22-21-17(26-18)8-7-16(25)20-10-9-13-5-3-4-6-14(13)19/h3-6,11H,7-10H2,1-2H3,(H,20,25). The van der Waals surface area contributed by atoms with Gasteiger partial charge in [-0.15, -0.1) is 10.2 Å². The minimum Gasteiger partial charge on any atom is -0.419 e. The number of nitrogens with one attached hydrogen (secondary N) is 1. The molecule has 2 heterocycles. The first kappa shape index (κ1) is 17.8. The summed E-state index contributed by atoms with van der Waals surface area (Å²) in [6.45, 7) is 2.26. The van der Waals surface area contributed by atoms with Crippen molar-refractivity contribution in [2.75, 3.05) is 6.54 Å². The number of benzene rings is 1. The van der Waals surface area contributed by atoms with Crippen LogP contribution in [0.3, 0.4) is 0 Å². The maximum Gasteiger partial charge on any atom is 0.265 e. The Hall–Kier alpha value is -3.03. The van der Waals surface area contributed by atoms with Gasteiger partial charge in [-0.05, 0) is 31.0 Å². The second-order valence-corrected chi connectivity index (χ2v) is 5.99. The smallest absolute Gasteiger partial charge is 0.265 e. The van der Waals surface area contributed by atoms with E-state index in [1.165, 1.54) is 6.07 Å². The number of hydrogen-bond donors (Lipinski definition) is 1. The monoisotopic (exact) mass is 357 g/mol. The number of nitrogens with zero attached hydrogens (tertiary/aromatic N) is 4. The van der Waals surface area contributed by atoms with Crippen LogP contribution in [-0.4, -0.2) is 32.4 Å². The molecule has 7 nitrogen and oxygen atoms in total. The second-order valence-electron chi connectivity index (χ2n) is 5.99. The average molecular weight is 357 g/mol. The van der Waals surface area contributed by atoms with Crippen molar-refractivity contribution in [2.24, 2.45) is 7.05 Å². The molecule has 0 saturated heterocycles. The van der Waals surface area contributed by atoms with E-state index in [-0.39, 0.29) is 18.1 Å². The molecule has 26 heavy (non-hydrogen) atoms. The number of rotatable bonds is 7. The van der Waals surface area contributed by atoms with Crippen LogP contribution in [0.2, 0.25) is 0 Å². The summed E-state index contributed by atoms with van der Waals surface area (Å²) in [5, 5.41) is 15.0. The molecule has 0 aliphatic heterocycles. The predicted octanol–water partition coefficient (Wildman–Crippen LogP) is 2.21. The molecule has 0 bridgehead atoms. The van der Waals surface area contributed by atoms with Gasteiger partial charge in [0.1, 0.15) is 11.5 Å². The van der Waals surface area contributed by atoms with Crippen molar-refractivity contribution in [3.8, 4) is 11.6 Å². The fraction of sp³-hybridized carbons (Fsp3) is 0.333. The normalized spacial score (nSPS) is 10.9. The van der Waals surface area contributed by atoms with Crippen LogP contribution in [0.15, 0.2) is 34.7 Å². The Kier molecular flexibility index (Phi) is 5.40. The average Bonchev–Trinajstić information content (AvgIpc) is 3.20. The van der Waals surface area contributed by atoms with Gasteiger partial charge in [-0.2, -0.15) is 5.10 Å². The maximum atomic E-state index is 13.5. The summed E-state index contributed by atoms with van der Waals surface area (Å²) in [5.41, 5.74) is 2.17.